The first-order valence-electron chi connectivity index (χ1n) is 7.35. The predicted octanol–water partition coefficient (Wildman–Crippen LogP) is 3.44. The smallest absolute Gasteiger partial charge is 0.146 e. The molecule has 0 bridgehead atoms. The molecule has 2 heterocycles. The fourth-order valence-electron chi connectivity index (χ4n) is 3.04. The summed E-state index contributed by atoms with van der Waals surface area (Å²) in [4.78, 5) is 3.85. The number of para-hydroxylation sites is 1. The van der Waals surface area contributed by atoms with Crippen LogP contribution in [0.2, 0.25) is 0 Å². The van der Waals surface area contributed by atoms with Gasteiger partial charge in [-0.2, -0.15) is 0 Å². The van der Waals surface area contributed by atoms with Crippen LogP contribution in [0, 0.1) is 5.82 Å². The van der Waals surface area contributed by atoms with Crippen LogP contribution in [0.5, 0.6) is 5.75 Å². The number of benzene rings is 1. The van der Waals surface area contributed by atoms with Gasteiger partial charge in [0.05, 0.1) is 12.8 Å². The second-order valence-electron chi connectivity index (χ2n) is 5.21. The molecule has 1 aliphatic heterocycles. The van der Waals surface area contributed by atoms with E-state index >= 15 is 0 Å². The fraction of sp³-hybridized carbons (Fsp3) is 0.353. The molecule has 0 saturated heterocycles. The molecule has 1 N–H and O–H groups in total. The first kappa shape index (κ1) is 14.0. The summed E-state index contributed by atoms with van der Waals surface area (Å²) < 4.78 is 19.9. The highest BCUT2D eigenvalue weighted by Gasteiger charge is 2.30. The zero-order valence-corrected chi connectivity index (χ0v) is 12.1. The van der Waals surface area contributed by atoms with E-state index in [2.05, 4.69) is 16.4 Å². The quantitative estimate of drug-likeness (QED) is 0.935. The van der Waals surface area contributed by atoms with Crippen LogP contribution in [0.15, 0.2) is 42.7 Å². The zero-order chi connectivity index (χ0) is 14.7. The van der Waals surface area contributed by atoms with Gasteiger partial charge in [-0.15, -0.1) is 0 Å². The molecule has 0 saturated carbocycles. The maximum atomic E-state index is 14.2. The van der Waals surface area contributed by atoms with Gasteiger partial charge in [-0.25, -0.2) is 4.39 Å². The molecule has 3 nitrogen and oxygen atoms in total. The maximum absolute atomic E-state index is 14.2. The number of halogens is 1. The van der Waals surface area contributed by atoms with Crippen LogP contribution in [-0.4, -0.2) is 18.1 Å². The number of ether oxygens (including phenoxy) is 1. The molecule has 110 valence electrons. The number of likely N-dealkylation sites (N-methyl/N-ethyl adjacent to an activating group) is 1. The van der Waals surface area contributed by atoms with Crippen LogP contribution in [0.25, 0.3) is 0 Å². The summed E-state index contributed by atoms with van der Waals surface area (Å²) in [5.74, 6) is 0.852. The Morgan fingerprint density at radius 2 is 2.24 bits per heavy atom. The molecule has 0 radical (unpaired) electrons. The summed E-state index contributed by atoms with van der Waals surface area (Å²) in [6.45, 7) is 3.49. The molecule has 3 rings (SSSR count). The van der Waals surface area contributed by atoms with Crippen molar-refractivity contribution in [2.75, 3.05) is 13.2 Å². The van der Waals surface area contributed by atoms with Crippen molar-refractivity contribution in [1.82, 2.24) is 10.3 Å². The Balaban J connectivity index is 2.01. The van der Waals surface area contributed by atoms with E-state index in [1.165, 1.54) is 6.20 Å². The molecular formula is C17H19FN2O. The number of nitrogens with one attached hydrogen (secondary N) is 1. The van der Waals surface area contributed by atoms with Gasteiger partial charge in [0.2, 0.25) is 0 Å². The zero-order valence-electron chi connectivity index (χ0n) is 12.1. The topological polar surface area (TPSA) is 34.2 Å². The number of nitrogens with zero attached hydrogens (tertiary/aromatic N) is 1. The minimum absolute atomic E-state index is 0.0666. The van der Waals surface area contributed by atoms with E-state index in [1.807, 2.05) is 25.1 Å². The second-order valence-corrected chi connectivity index (χ2v) is 5.21. The van der Waals surface area contributed by atoms with Gasteiger partial charge >= 0.3 is 0 Å². The summed E-state index contributed by atoms with van der Waals surface area (Å²) >= 11 is 0. The number of hydrogen-bond donors (Lipinski definition) is 1. The van der Waals surface area contributed by atoms with Crippen molar-refractivity contribution >= 4 is 0 Å². The van der Waals surface area contributed by atoms with Gasteiger partial charge in [0, 0.05) is 23.7 Å². The van der Waals surface area contributed by atoms with E-state index in [0.29, 0.717) is 12.2 Å². The van der Waals surface area contributed by atoms with E-state index in [9.17, 15) is 4.39 Å². The van der Waals surface area contributed by atoms with Crippen LogP contribution in [0.4, 0.5) is 4.39 Å². The van der Waals surface area contributed by atoms with Crippen molar-refractivity contribution in [2.24, 2.45) is 0 Å². The lowest BCUT2D eigenvalue weighted by atomic mass is 9.83. The Labute approximate surface area is 124 Å². The number of pyridine rings is 1. The van der Waals surface area contributed by atoms with E-state index in [1.54, 1.807) is 12.3 Å². The number of rotatable bonds is 4. The summed E-state index contributed by atoms with van der Waals surface area (Å²) in [6.07, 6.45) is 3.80. The normalized spacial score (nSPS) is 18.7. The molecular weight excluding hydrogens is 267 g/mol. The minimum Gasteiger partial charge on any atom is -0.493 e. The van der Waals surface area contributed by atoms with Gasteiger partial charge in [0.25, 0.3) is 0 Å². The molecule has 0 amide bonds. The summed E-state index contributed by atoms with van der Waals surface area (Å²) in [5.41, 5.74) is 1.82. The van der Waals surface area contributed by atoms with Crippen molar-refractivity contribution in [3.8, 4) is 5.75 Å². The first-order chi connectivity index (χ1) is 10.3. The lowest BCUT2D eigenvalue weighted by Gasteiger charge is -2.33. The molecule has 1 aliphatic rings. The fourth-order valence-corrected chi connectivity index (χ4v) is 3.04. The van der Waals surface area contributed by atoms with Crippen LogP contribution in [-0.2, 0) is 0 Å². The Bertz CT molecular complexity index is 617. The van der Waals surface area contributed by atoms with Gasteiger partial charge in [-0.1, -0.05) is 25.1 Å². The average molecular weight is 286 g/mol. The maximum Gasteiger partial charge on any atom is 0.146 e. The SMILES string of the molecule is CCNC(c1ccncc1F)C1CCOc2ccccc21. The van der Waals surface area contributed by atoms with Crippen LogP contribution < -0.4 is 10.1 Å². The number of hydrogen-bond acceptors (Lipinski definition) is 3. The first-order valence-corrected chi connectivity index (χ1v) is 7.35. The van der Waals surface area contributed by atoms with Gasteiger partial charge in [0.1, 0.15) is 11.6 Å². The highest BCUT2D eigenvalue weighted by Crippen LogP contribution is 2.41. The molecule has 4 heteroatoms. The van der Waals surface area contributed by atoms with Gasteiger partial charge in [0.15, 0.2) is 0 Å². The molecule has 0 aliphatic carbocycles. The van der Waals surface area contributed by atoms with Gasteiger partial charge in [-0.3, -0.25) is 4.98 Å². The summed E-state index contributed by atoms with van der Waals surface area (Å²) in [7, 11) is 0. The van der Waals surface area contributed by atoms with Crippen LogP contribution >= 0.6 is 0 Å². The average Bonchev–Trinajstić information content (AvgIpc) is 2.53. The Morgan fingerprint density at radius 3 is 3.05 bits per heavy atom. The van der Waals surface area contributed by atoms with Crippen molar-refractivity contribution in [2.45, 2.75) is 25.3 Å². The van der Waals surface area contributed by atoms with Crippen molar-refractivity contribution in [3.63, 3.8) is 0 Å². The molecule has 21 heavy (non-hydrogen) atoms. The van der Waals surface area contributed by atoms with E-state index in [0.717, 1.165) is 24.3 Å². The Kier molecular flexibility index (Phi) is 4.15. The highest BCUT2D eigenvalue weighted by molar-refractivity contribution is 5.40. The van der Waals surface area contributed by atoms with Crippen LogP contribution in [0.1, 0.15) is 36.4 Å². The third kappa shape index (κ3) is 2.76. The summed E-state index contributed by atoms with van der Waals surface area (Å²) in [5, 5.41) is 3.43. The minimum atomic E-state index is -0.257. The predicted molar refractivity (Wildman–Crippen MR) is 79.9 cm³/mol. The number of fused-ring (bicyclic) bond motifs is 1. The van der Waals surface area contributed by atoms with Gasteiger partial charge < -0.3 is 10.1 Å². The van der Waals surface area contributed by atoms with Gasteiger partial charge in [-0.05, 0) is 30.7 Å². The van der Waals surface area contributed by atoms with Crippen molar-refractivity contribution in [3.05, 3.63) is 59.7 Å². The monoisotopic (exact) mass is 286 g/mol. The van der Waals surface area contributed by atoms with Crippen LogP contribution in [0.3, 0.4) is 0 Å². The van der Waals surface area contributed by atoms with E-state index in [-0.39, 0.29) is 17.8 Å². The largest absolute Gasteiger partial charge is 0.493 e. The van der Waals surface area contributed by atoms with Crippen molar-refractivity contribution < 1.29 is 9.13 Å². The lowest BCUT2D eigenvalue weighted by molar-refractivity contribution is 0.245. The molecule has 1 aromatic heterocycles. The molecule has 2 atom stereocenters. The van der Waals surface area contributed by atoms with E-state index in [4.69, 9.17) is 4.74 Å². The third-order valence-corrected chi connectivity index (χ3v) is 3.97. The molecule has 1 aromatic carbocycles. The highest BCUT2D eigenvalue weighted by atomic mass is 19.1. The standard InChI is InChI=1S/C17H19FN2O/c1-2-20-17(14-7-9-19-11-15(14)18)13-8-10-21-16-6-4-3-5-12(13)16/h3-7,9,11,13,17,20H,2,8,10H2,1H3. The van der Waals surface area contributed by atoms with Crippen molar-refractivity contribution in [1.29, 1.82) is 0 Å². The second kappa shape index (κ2) is 6.22. The number of aromatic nitrogens is 1. The molecule has 2 aromatic rings. The molecule has 0 fully saturated rings. The molecule has 2 unspecified atom stereocenters. The Morgan fingerprint density at radius 1 is 1.38 bits per heavy atom. The molecule has 0 spiro atoms. The Hall–Kier alpha value is -1.94. The third-order valence-electron chi connectivity index (χ3n) is 3.97. The summed E-state index contributed by atoms with van der Waals surface area (Å²) in [6, 6.07) is 9.72. The lowest BCUT2D eigenvalue weighted by Crippen LogP contribution is -2.31. The van der Waals surface area contributed by atoms with E-state index < -0.39 is 0 Å².